The van der Waals surface area contributed by atoms with Crippen molar-refractivity contribution in [2.75, 3.05) is 7.11 Å². The zero-order chi connectivity index (χ0) is 12.3. The SMILES string of the molecule is CCc1[nH]c(C(OC)C2CCCCC2)nc1O. The first-order chi connectivity index (χ1) is 8.26. The number of aromatic nitrogens is 2. The average Bonchev–Trinajstić information content (AvgIpc) is 2.73. The van der Waals surface area contributed by atoms with Gasteiger partial charge in [0.2, 0.25) is 5.88 Å². The minimum Gasteiger partial charge on any atom is -0.492 e. The molecule has 0 saturated heterocycles. The molecule has 96 valence electrons. The van der Waals surface area contributed by atoms with E-state index in [2.05, 4.69) is 9.97 Å². The third-order valence-electron chi connectivity index (χ3n) is 3.73. The van der Waals surface area contributed by atoms with E-state index in [4.69, 9.17) is 4.74 Å². The molecule has 1 atom stereocenters. The summed E-state index contributed by atoms with van der Waals surface area (Å²) in [6.07, 6.45) is 7.04. The number of rotatable bonds is 4. The predicted octanol–water partition coefficient (Wildman–Crippen LogP) is 2.95. The highest BCUT2D eigenvalue weighted by molar-refractivity contribution is 5.20. The van der Waals surface area contributed by atoms with Crippen LogP contribution >= 0.6 is 0 Å². The van der Waals surface area contributed by atoms with Crippen LogP contribution in [0.15, 0.2) is 0 Å². The van der Waals surface area contributed by atoms with E-state index >= 15 is 0 Å². The van der Waals surface area contributed by atoms with Crippen LogP contribution in [0.3, 0.4) is 0 Å². The highest BCUT2D eigenvalue weighted by Gasteiger charge is 2.28. The van der Waals surface area contributed by atoms with Crippen LogP contribution in [0.25, 0.3) is 0 Å². The fourth-order valence-corrected chi connectivity index (χ4v) is 2.77. The first kappa shape index (κ1) is 12.4. The molecule has 17 heavy (non-hydrogen) atoms. The normalized spacial score (nSPS) is 19.4. The molecule has 1 heterocycles. The number of hydrogen-bond acceptors (Lipinski definition) is 3. The molecule has 0 bridgehead atoms. The van der Waals surface area contributed by atoms with Crippen LogP contribution < -0.4 is 0 Å². The number of hydrogen-bond donors (Lipinski definition) is 2. The van der Waals surface area contributed by atoms with Gasteiger partial charge in [-0.15, -0.1) is 0 Å². The first-order valence-corrected chi connectivity index (χ1v) is 6.56. The number of nitrogens with zero attached hydrogens (tertiary/aromatic N) is 1. The number of methoxy groups -OCH3 is 1. The standard InChI is InChI=1S/C13H22N2O2/c1-3-10-13(16)15-12(14-10)11(17-2)9-7-5-4-6-8-9/h9,11,16H,3-8H2,1-2H3,(H,14,15). The third kappa shape index (κ3) is 2.63. The van der Waals surface area contributed by atoms with Crippen molar-refractivity contribution in [3.05, 3.63) is 11.5 Å². The van der Waals surface area contributed by atoms with E-state index in [0.29, 0.717) is 5.92 Å². The Kier molecular flexibility index (Phi) is 4.05. The molecule has 0 spiro atoms. The Hall–Kier alpha value is -1.03. The van der Waals surface area contributed by atoms with Gasteiger partial charge in [0, 0.05) is 7.11 Å². The third-order valence-corrected chi connectivity index (χ3v) is 3.73. The van der Waals surface area contributed by atoms with Gasteiger partial charge in [0.1, 0.15) is 11.9 Å². The lowest BCUT2D eigenvalue weighted by Gasteiger charge is -2.27. The van der Waals surface area contributed by atoms with Crippen LogP contribution in [0, 0.1) is 5.92 Å². The minimum absolute atomic E-state index is 0.00139. The molecule has 2 N–H and O–H groups in total. The highest BCUT2D eigenvalue weighted by Crippen LogP contribution is 2.36. The van der Waals surface area contributed by atoms with Gasteiger partial charge in [0.25, 0.3) is 0 Å². The van der Waals surface area contributed by atoms with Gasteiger partial charge in [0.15, 0.2) is 0 Å². The molecular weight excluding hydrogens is 216 g/mol. The van der Waals surface area contributed by atoms with E-state index in [1.165, 1.54) is 32.1 Å². The molecule has 4 heteroatoms. The quantitative estimate of drug-likeness (QED) is 0.848. The van der Waals surface area contributed by atoms with Gasteiger partial charge >= 0.3 is 0 Å². The van der Waals surface area contributed by atoms with Crippen LogP contribution in [0.2, 0.25) is 0 Å². The lowest BCUT2D eigenvalue weighted by atomic mass is 9.85. The lowest BCUT2D eigenvalue weighted by molar-refractivity contribution is 0.0293. The monoisotopic (exact) mass is 238 g/mol. The van der Waals surface area contributed by atoms with Gasteiger partial charge in [-0.05, 0) is 25.2 Å². The summed E-state index contributed by atoms with van der Waals surface area (Å²) in [4.78, 5) is 7.40. The van der Waals surface area contributed by atoms with E-state index in [1.807, 2.05) is 6.92 Å². The number of ether oxygens (including phenoxy) is 1. The molecule has 1 aromatic rings. The summed E-state index contributed by atoms with van der Waals surface area (Å²) < 4.78 is 5.58. The zero-order valence-electron chi connectivity index (χ0n) is 10.7. The molecule has 2 rings (SSSR count). The van der Waals surface area contributed by atoms with Gasteiger partial charge in [-0.1, -0.05) is 26.2 Å². The van der Waals surface area contributed by atoms with Gasteiger partial charge in [-0.25, -0.2) is 0 Å². The Balaban J connectivity index is 2.15. The molecule has 1 aliphatic rings. The van der Waals surface area contributed by atoms with Crippen molar-refractivity contribution >= 4 is 0 Å². The fourth-order valence-electron chi connectivity index (χ4n) is 2.77. The molecule has 0 radical (unpaired) electrons. The van der Waals surface area contributed by atoms with Gasteiger partial charge < -0.3 is 14.8 Å². The minimum atomic E-state index is 0.00139. The van der Waals surface area contributed by atoms with E-state index in [9.17, 15) is 5.11 Å². The maximum absolute atomic E-state index is 9.68. The molecular formula is C13H22N2O2. The van der Waals surface area contributed by atoms with Crippen LogP contribution in [-0.4, -0.2) is 22.2 Å². The average molecular weight is 238 g/mol. The van der Waals surface area contributed by atoms with Gasteiger partial charge in [-0.2, -0.15) is 4.98 Å². The Morgan fingerprint density at radius 3 is 2.65 bits per heavy atom. The Labute approximate surface area is 102 Å². The van der Waals surface area contributed by atoms with Gasteiger partial charge in [0.05, 0.1) is 5.69 Å². The summed E-state index contributed by atoms with van der Waals surface area (Å²) in [6, 6.07) is 0. The van der Waals surface area contributed by atoms with Crippen LogP contribution in [0.1, 0.15) is 56.7 Å². The molecule has 1 aromatic heterocycles. The second-order valence-electron chi connectivity index (χ2n) is 4.83. The van der Waals surface area contributed by atoms with E-state index in [0.717, 1.165) is 17.9 Å². The van der Waals surface area contributed by atoms with Crippen LogP contribution in [0.5, 0.6) is 5.88 Å². The maximum Gasteiger partial charge on any atom is 0.232 e. The van der Waals surface area contributed by atoms with E-state index < -0.39 is 0 Å². The first-order valence-electron chi connectivity index (χ1n) is 6.56. The smallest absolute Gasteiger partial charge is 0.232 e. The molecule has 0 amide bonds. The number of aromatic hydroxyl groups is 1. The summed E-state index contributed by atoms with van der Waals surface area (Å²) in [5.74, 6) is 1.44. The Morgan fingerprint density at radius 2 is 2.12 bits per heavy atom. The number of imidazole rings is 1. The van der Waals surface area contributed by atoms with Crippen molar-refractivity contribution in [3.8, 4) is 5.88 Å². The second kappa shape index (κ2) is 5.54. The molecule has 1 unspecified atom stereocenters. The van der Waals surface area contributed by atoms with Crippen molar-refractivity contribution in [1.29, 1.82) is 0 Å². The topological polar surface area (TPSA) is 58.1 Å². The molecule has 4 nitrogen and oxygen atoms in total. The molecule has 0 aliphatic heterocycles. The van der Waals surface area contributed by atoms with E-state index in [1.54, 1.807) is 7.11 Å². The van der Waals surface area contributed by atoms with Crippen molar-refractivity contribution in [2.45, 2.75) is 51.6 Å². The van der Waals surface area contributed by atoms with Gasteiger partial charge in [-0.3, -0.25) is 0 Å². The second-order valence-corrected chi connectivity index (χ2v) is 4.83. The lowest BCUT2D eigenvalue weighted by Crippen LogP contribution is -2.19. The summed E-state index contributed by atoms with van der Waals surface area (Å²) in [5, 5.41) is 9.68. The summed E-state index contributed by atoms with van der Waals surface area (Å²) >= 11 is 0. The van der Waals surface area contributed by atoms with Crippen molar-refractivity contribution in [2.24, 2.45) is 5.92 Å². The van der Waals surface area contributed by atoms with Crippen molar-refractivity contribution < 1.29 is 9.84 Å². The van der Waals surface area contributed by atoms with Crippen LogP contribution in [0.4, 0.5) is 0 Å². The van der Waals surface area contributed by atoms with E-state index in [-0.39, 0.29) is 12.0 Å². The fraction of sp³-hybridized carbons (Fsp3) is 0.769. The van der Waals surface area contributed by atoms with Crippen molar-refractivity contribution in [3.63, 3.8) is 0 Å². The van der Waals surface area contributed by atoms with Crippen LogP contribution in [-0.2, 0) is 11.2 Å². The molecule has 1 saturated carbocycles. The zero-order valence-corrected chi connectivity index (χ0v) is 10.7. The summed E-state index contributed by atoms with van der Waals surface area (Å²) in [7, 11) is 1.73. The highest BCUT2D eigenvalue weighted by atomic mass is 16.5. The molecule has 1 aliphatic carbocycles. The number of aryl methyl sites for hydroxylation is 1. The molecule has 1 fully saturated rings. The Bertz CT molecular complexity index is 356. The Morgan fingerprint density at radius 1 is 1.41 bits per heavy atom. The number of nitrogens with one attached hydrogen (secondary N) is 1. The largest absolute Gasteiger partial charge is 0.492 e. The molecule has 0 aromatic carbocycles. The maximum atomic E-state index is 9.68. The predicted molar refractivity (Wildman–Crippen MR) is 66.0 cm³/mol. The summed E-state index contributed by atoms with van der Waals surface area (Å²) in [6.45, 7) is 2.00. The number of aromatic amines is 1. The number of H-pyrrole nitrogens is 1. The summed E-state index contributed by atoms with van der Waals surface area (Å²) in [5.41, 5.74) is 0.804. The van der Waals surface area contributed by atoms with Crippen molar-refractivity contribution in [1.82, 2.24) is 9.97 Å².